The van der Waals surface area contributed by atoms with Crippen LogP contribution in [0.5, 0.6) is 0 Å². The number of thioether (sulfide) groups is 1. The van der Waals surface area contributed by atoms with Crippen molar-refractivity contribution in [2.24, 2.45) is 11.3 Å². The van der Waals surface area contributed by atoms with Gasteiger partial charge in [0.2, 0.25) is 18.2 Å². The number of amides is 3. The summed E-state index contributed by atoms with van der Waals surface area (Å²) in [5.41, 5.74) is 4.03. The highest BCUT2D eigenvalue weighted by molar-refractivity contribution is 8.12. The maximum absolute atomic E-state index is 11.6. The fourth-order valence-corrected chi connectivity index (χ4v) is 4.72. The smallest absolute Gasteiger partial charge is 0.242 e. The molecule has 1 saturated carbocycles. The number of nitriles is 1. The predicted molar refractivity (Wildman–Crippen MR) is 171 cm³/mol. The normalized spacial score (nSPS) is 15.8. The molecule has 8 nitrogen and oxygen atoms in total. The number of hydrogen-bond acceptors (Lipinski definition) is 6. The lowest BCUT2D eigenvalue weighted by atomic mass is 10.0. The van der Waals surface area contributed by atoms with E-state index < -0.39 is 11.5 Å². The first-order chi connectivity index (χ1) is 19.9. The standard InChI is InChI=1S/C18H23NOS.C11H15N3O3.C4H10/c1-5-7-10-21-18(14(3)4)16-8-9-17(12-19-13-20)15(6-2)11-16;12-7-11(2-3-11)10(17)13-5-9(16)14-4-1-8(15)6-14;1-4(2)3/h8-9,11,13H,5-6,12H2,1-4H3,(H,19,20);8,15H,1-6H2,(H,13,17);4H,1-3H3. The first-order valence-electron chi connectivity index (χ1n) is 14.7. The van der Waals surface area contributed by atoms with Gasteiger partial charge in [-0.2, -0.15) is 5.26 Å². The second kappa shape index (κ2) is 19.0. The number of aryl methyl sites for hydroxylation is 1. The van der Waals surface area contributed by atoms with Crippen molar-refractivity contribution in [1.29, 1.82) is 5.26 Å². The van der Waals surface area contributed by atoms with Gasteiger partial charge in [0.1, 0.15) is 5.41 Å². The lowest BCUT2D eigenvalue weighted by Crippen LogP contribution is -2.41. The summed E-state index contributed by atoms with van der Waals surface area (Å²) in [6.07, 6.45) is 3.85. The summed E-state index contributed by atoms with van der Waals surface area (Å²) in [4.78, 5) is 36.4. The SMILES string of the molecule is CC(C)C.CCC#CSC(=C(C)C)c1ccc(CNC=O)c(CC)c1.N#CC1(C(=O)NCC(=O)N2CCC(O)C2)CC1. The van der Waals surface area contributed by atoms with Crippen LogP contribution in [0.4, 0.5) is 0 Å². The Kier molecular flexibility index (Phi) is 16.6. The van der Waals surface area contributed by atoms with Crippen molar-refractivity contribution >= 4 is 34.9 Å². The Hall–Kier alpha value is -3.27. The third kappa shape index (κ3) is 12.7. The van der Waals surface area contributed by atoms with Crippen molar-refractivity contribution in [3.05, 3.63) is 40.5 Å². The van der Waals surface area contributed by atoms with Crippen LogP contribution in [0.3, 0.4) is 0 Å². The van der Waals surface area contributed by atoms with E-state index in [0.717, 1.165) is 25.2 Å². The number of aliphatic hydroxyl groups excluding tert-OH is 1. The molecule has 42 heavy (non-hydrogen) atoms. The number of nitrogens with zero attached hydrogens (tertiary/aromatic N) is 2. The molecule has 1 aromatic carbocycles. The number of allylic oxidation sites excluding steroid dienone is 1. The van der Waals surface area contributed by atoms with Crippen molar-refractivity contribution in [2.75, 3.05) is 19.6 Å². The fraction of sp³-hybridized carbons (Fsp3) is 0.576. The monoisotopic (exact) mass is 596 g/mol. The molecule has 1 unspecified atom stereocenters. The van der Waals surface area contributed by atoms with Gasteiger partial charge in [-0.3, -0.25) is 14.4 Å². The van der Waals surface area contributed by atoms with Gasteiger partial charge < -0.3 is 20.6 Å². The lowest BCUT2D eigenvalue weighted by molar-refractivity contribution is -0.133. The third-order valence-corrected chi connectivity index (χ3v) is 7.49. The summed E-state index contributed by atoms with van der Waals surface area (Å²) in [5.74, 6) is 3.38. The van der Waals surface area contributed by atoms with Crippen molar-refractivity contribution in [2.45, 2.75) is 93.2 Å². The van der Waals surface area contributed by atoms with Crippen molar-refractivity contribution in [3.8, 4) is 17.2 Å². The molecule has 0 bridgehead atoms. The van der Waals surface area contributed by atoms with Crippen LogP contribution in [0.15, 0.2) is 23.8 Å². The predicted octanol–water partition coefficient (Wildman–Crippen LogP) is 5.01. The van der Waals surface area contributed by atoms with Crippen LogP contribution >= 0.6 is 11.8 Å². The quantitative estimate of drug-likeness (QED) is 0.272. The molecular weight excluding hydrogens is 548 g/mol. The van der Waals surface area contributed by atoms with Gasteiger partial charge in [-0.25, -0.2) is 0 Å². The van der Waals surface area contributed by atoms with E-state index in [2.05, 4.69) is 88.5 Å². The highest BCUT2D eigenvalue weighted by Crippen LogP contribution is 2.44. The topological polar surface area (TPSA) is 123 Å². The molecule has 1 aromatic rings. The van der Waals surface area contributed by atoms with Gasteiger partial charge in [0.25, 0.3) is 0 Å². The number of aliphatic hydroxyl groups is 1. The maximum Gasteiger partial charge on any atom is 0.242 e. The Morgan fingerprint density at radius 3 is 2.36 bits per heavy atom. The number of likely N-dealkylation sites (tertiary alicyclic amines) is 1. The van der Waals surface area contributed by atoms with E-state index >= 15 is 0 Å². The van der Waals surface area contributed by atoms with Gasteiger partial charge in [-0.15, -0.1) is 0 Å². The minimum atomic E-state index is -0.884. The number of carbonyl (C=O) groups is 3. The number of β-amino-alcohol motifs (C(OH)–C–C–N with tert-alkyl or cyclic N) is 1. The van der Waals surface area contributed by atoms with E-state index in [0.29, 0.717) is 38.9 Å². The molecule has 0 spiro atoms. The Bertz CT molecular complexity index is 1180. The van der Waals surface area contributed by atoms with Crippen LogP contribution < -0.4 is 10.6 Å². The minimum Gasteiger partial charge on any atom is -0.391 e. The summed E-state index contributed by atoms with van der Waals surface area (Å²) >= 11 is 1.60. The molecule has 9 heteroatoms. The molecule has 2 aliphatic rings. The van der Waals surface area contributed by atoms with Crippen molar-refractivity contribution in [1.82, 2.24) is 15.5 Å². The number of hydrogen-bond donors (Lipinski definition) is 3. The zero-order valence-electron chi connectivity index (χ0n) is 26.3. The Morgan fingerprint density at radius 1 is 1.21 bits per heavy atom. The number of nitrogens with one attached hydrogen (secondary N) is 2. The van der Waals surface area contributed by atoms with Crippen molar-refractivity contribution in [3.63, 3.8) is 0 Å². The van der Waals surface area contributed by atoms with Crippen LogP contribution in [0.1, 0.15) is 90.8 Å². The molecule has 3 amide bonds. The van der Waals surface area contributed by atoms with E-state index in [4.69, 9.17) is 5.26 Å². The maximum atomic E-state index is 11.6. The summed E-state index contributed by atoms with van der Waals surface area (Å²) in [6, 6.07) is 8.40. The summed E-state index contributed by atoms with van der Waals surface area (Å²) in [6.45, 7) is 16.3. The van der Waals surface area contributed by atoms with Crippen LogP contribution in [0.25, 0.3) is 4.91 Å². The Labute approximate surface area is 256 Å². The van der Waals surface area contributed by atoms with Gasteiger partial charge in [0, 0.05) is 31.0 Å². The second-order valence-electron chi connectivity index (χ2n) is 11.3. The molecule has 0 radical (unpaired) electrons. The number of carbonyl (C=O) groups excluding carboxylic acids is 3. The summed E-state index contributed by atoms with van der Waals surface area (Å²) in [7, 11) is 0. The van der Waals surface area contributed by atoms with E-state index in [1.807, 2.05) is 6.07 Å². The highest BCUT2D eigenvalue weighted by Gasteiger charge is 2.50. The van der Waals surface area contributed by atoms with Gasteiger partial charge in [0.05, 0.1) is 18.7 Å². The summed E-state index contributed by atoms with van der Waals surface area (Å²) < 4.78 is 0. The molecule has 3 rings (SSSR count). The van der Waals surface area contributed by atoms with E-state index in [1.54, 1.807) is 11.8 Å². The van der Waals surface area contributed by atoms with E-state index in [9.17, 15) is 19.5 Å². The second-order valence-corrected chi connectivity index (χ2v) is 12.1. The molecule has 1 atom stereocenters. The van der Waals surface area contributed by atoms with Crippen LogP contribution in [-0.4, -0.2) is 54.0 Å². The Morgan fingerprint density at radius 2 is 1.88 bits per heavy atom. The molecule has 1 saturated heterocycles. The van der Waals surface area contributed by atoms with Crippen molar-refractivity contribution < 1.29 is 19.5 Å². The molecule has 1 heterocycles. The molecule has 3 N–H and O–H groups in total. The largest absolute Gasteiger partial charge is 0.391 e. The number of benzene rings is 1. The van der Waals surface area contributed by atoms with Gasteiger partial charge >= 0.3 is 0 Å². The zero-order valence-corrected chi connectivity index (χ0v) is 27.1. The first-order valence-corrected chi connectivity index (χ1v) is 15.5. The molecular formula is C33H48N4O4S. The van der Waals surface area contributed by atoms with Gasteiger partial charge in [0.15, 0.2) is 0 Å². The average Bonchev–Trinajstić information content (AvgIpc) is 3.65. The van der Waals surface area contributed by atoms with Crippen LogP contribution in [0.2, 0.25) is 0 Å². The minimum absolute atomic E-state index is 0.0883. The molecule has 0 aromatic heterocycles. The molecule has 1 aliphatic carbocycles. The lowest BCUT2D eigenvalue weighted by Gasteiger charge is -2.16. The fourth-order valence-electron chi connectivity index (χ4n) is 3.95. The first kappa shape index (κ1) is 36.8. The Balaban J connectivity index is 0.000000378. The van der Waals surface area contributed by atoms with Gasteiger partial charge in [-0.1, -0.05) is 64.3 Å². The van der Waals surface area contributed by atoms with Gasteiger partial charge in [-0.05, 0) is 79.2 Å². The van der Waals surface area contributed by atoms with E-state index in [-0.39, 0.29) is 18.4 Å². The van der Waals surface area contributed by atoms with Crippen LogP contribution in [0, 0.1) is 33.8 Å². The molecule has 2 fully saturated rings. The highest BCUT2D eigenvalue weighted by atomic mass is 32.2. The van der Waals surface area contributed by atoms with E-state index in [1.165, 1.54) is 32.1 Å². The molecule has 230 valence electrons. The number of rotatable bonds is 9. The average molecular weight is 597 g/mol. The third-order valence-electron chi connectivity index (χ3n) is 6.40. The molecule has 1 aliphatic heterocycles. The summed E-state index contributed by atoms with van der Waals surface area (Å²) in [5, 5.41) is 26.5. The van der Waals surface area contributed by atoms with Crippen LogP contribution in [-0.2, 0) is 27.3 Å². The zero-order chi connectivity index (χ0) is 31.7.